The van der Waals surface area contributed by atoms with E-state index in [4.69, 9.17) is 5.11 Å². The van der Waals surface area contributed by atoms with Crippen LogP contribution >= 0.6 is 0 Å². The van der Waals surface area contributed by atoms with Crippen molar-refractivity contribution in [3.8, 4) is 0 Å². The zero-order valence-corrected chi connectivity index (χ0v) is 14.1. The highest BCUT2D eigenvalue weighted by molar-refractivity contribution is 7.89. The first-order valence-electron chi connectivity index (χ1n) is 7.81. The Bertz CT molecular complexity index is 864. The molecular weight excluding hydrogens is 344 g/mol. The van der Waals surface area contributed by atoms with Gasteiger partial charge in [-0.2, -0.15) is 0 Å². The molecule has 0 unspecified atom stereocenters. The number of rotatable bonds is 6. The zero-order chi connectivity index (χ0) is 18.0. The first-order valence-corrected chi connectivity index (χ1v) is 9.30. The van der Waals surface area contributed by atoms with Crippen molar-refractivity contribution < 1.29 is 23.4 Å². The fraction of sp³-hybridized carbons (Fsp3) is 0.294. The number of aromatic carboxylic acids is 1. The van der Waals surface area contributed by atoms with Gasteiger partial charge in [0.1, 0.15) is 0 Å². The van der Waals surface area contributed by atoms with Crippen molar-refractivity contribution in [1.82, 2.24) is 9.71 Å². The van der Waals surface area contributed by atoms with Crippen LogP contribution in [0.1, 0.15) is 34.9 Å². The molecule has 0 amide bonds. The minimum absolute atomic E-state index is 0.0673. The van der Waals surface area contributed by atoms with Crippen LogP contribution in [0, 0.1) is 5.92 Å². The van der Waals surface area contributed by atoms with Crippen LogP contribution in [-0.4, -0.2) is 35.7 Å². The van der Waals surface area contributed by atoms with E-state index in [2.05, 4.69) is 9.71 Å². The number of nitrogens with zero attached hydrogens (tertiary/aromatic N) is 1. The van der Waals surface area contributed by atoms with E-state index in [9.17, 15) is 18.3 Å². The number of aliphatic hydroxyl groups is 1. The predicted octanol–water partition coefficient (Wildman–Crippen LogP) is 1.57. The lowest BCUT2D eigenvalue weighted by molar-refractivity contribution is 0.0273. The molecular formula is C17H18N2O5S. The average Bonchev–Trinajstić information content (AvgIpc) is 2.58. The third-order valence-electron chi connectivity index (χ3n) is 4.30. The highest BCUT2D eigenvalue weighted by Crippen LogP contribution is 2.38. The Hall–Kier alpha value is -2.29. The summed E-state index contributed by atoms with van der Waals surface area (Å²) in [6, 6.07) is 9.84. The van der Waals surface area contributed by atoms with E-state index in [1.807, 2.05) is 0 Å². The largest absolute Gasteiger partial charge is 0.478 e. The molecule has 1 fully saturated rings. The fourth-order valence-electron chi connectivity index (χ4n) is 2.89. The van der Waals surface area contributed by atoms with Crippen molar-refractivity contribution in [1.29, 1.82) is 0 Å². The molecule has 1 saturated carbocycles. The summed E-state index contributed by atoms with van der Waals surface area (Å²) in [5.74, 6) is -1.26. The number of hydrogen-bond donors (Lipinski definition) is 3. The van der Waals surface area contributed by atoms with Gasteiger partial charge in [0.2, 0.25) is 10.0 Å². The molecule has 1 aliphatic carbocycles. The lowest BCUT2D eigenvalue weighted by Gasteiger charge is -2.37. The number of benzene rings is 1. The molecule has 1 atom stereocenters. The highest BCUT2D eigenvalue weighted by atomic mass is 32.2. The van der Waals surface area contributed by atoms with Crippen molar-refractivity contribution in [2.45, 2.75) is 29.9 Å². The quantitative estimate of drug-likeness (QED) is 0.718. The summed E-state index contributed by atoms with van der Waals surface area (Å²) in [6.45, 7) is 0. The summed E-state index contributed by atoms with van der Waals surface area (Å²) >= 11 is 0. The van der Waals surface area contributed by atoms with Crippen LogP contribution in [0.2, 0.25) is 0 Å². The number of carboxylic acids is 1. The third kappa shape index (κ3) is 3.87. The Kier molecular flexibility index (Phi) is 4.85. The third-order valence-corrected chi connectivity index (χ3v) is 5.74. The standard InChI is InChI=1S/C17H18N2O5S/c20-13-8-12(9-13)16(15-6-1-2-7-18-15)19-25(23,24)14-5-3-4-11(10-14)17(21)22/h1-7,10,12-13,16,19-20H,8-9H2,(H,21,22)/t12?,13?,16-/m0/s1. The van der Waals surface area contributed by atoms with E-state index in [1.165, 1.54) is 18.2 Å². The van der Waals surface area contributed by atoms with Gasteiger partial charge in [-0.3, -0.25) is 4.98 Å². The normalized spacial score (nSPS) is 21.3. The Balaban J connectivity index is 1.90. The highest BCUT2D eigenvalue weighted by Gasteiger charge is 2.37. The minimum Gasteiger partial charge on any atom is -0.478 e. The Morgan fingerprint density at radius 1 is 1.20 bits per heavy atom. The molecule has 1 aliphatic rings. The number of pyridine rings is 1. The van der Waals surface area contributed by atoms with Gasteiger partial charge in [-0.05, 0) is 49.1 Å². The Morgan fingerprint density at radius 2 is 1.96 bits per heavy atom. The van der Waals surface area contributed by atoms with E-state index in [1.54, 1.807) is 24.4 Å². The molecule has 2 aromatic rings. The molecule has 0 saturated heterocycles. The Morgan fingerprint density at radius 3 is 2.56 bits per heavy atom. The van der Waals surface area contributed by atoms with Crippen molar-refractivity contribution in [2.75, 3.05) is 0 Å². The summed E-state index contributed by atoms with van der Waals surface area (Å²) < 4.78 is 28.1. The van der Waals surface area contributed by atoms with Crippen LogP contribution in [-0.2, 0) is 10.0 Å². The van der Waals surface area contributed by atoms with Gasteiger partial charge in [0.15, 0.2) is 0 Å². The molecule has 0 bridgehead atoms. The molecule has 1 heterocycles. The number of aromatic nitrogens is 1. The van der Waals surface area contributed by atoms with Gasteiger partial charge in [0.25, 0.3) is 0 Å². The number of carboxylic acid groups (broad SMARTS) is 1. The molecule has 3 rings (SSSR count). The average molecular weight is 362 g/mol. The van der Waals surface area contributed by atoms with E-state index in [-0.39, 0.29) is 16.4 Å². The summed E-state index contributed by atoms with van der Waals surface area (Å²) in [4.78, 5) is 15.2. The fourth-order valence-corrected chi connectivity index (χ4v) is 4.21. The molecule has 0 radical (unpaired) electrons. The SMILES string of the molecule is O=C(O)c1cccc(S(=O)(=O)N[C@H](c2ccccn2)C2CC(O)C2)c1. The first kappa shape index (κ1) is 17.5. The maximum atomic E-state index is 12.7. The lowest BCUT2D eigenvalue weighted by Crippen LogP contribution is -2.41. The van der Waals surface area contributed by atoms with Gasteiger partial charge in [-0.15, -0.1) is 0 Å². The molecule has 3 N–H and O–H groups in total. The topological polar surface area (TPSA) is 117 Å². The summed E-state index contributed by atoms with van der Waals surface area (Å²) in [7, 11) is -3.94. The second-order valence-electron chi connectivity index (χ2n) is 6.07. The van der Waals surface area contributed by atoms with Gasteiger partial charge >= 0.3 is 5.97 Å². The van der Waals surface area contributed by atoms with Gasteiger partial charge in [0, 0.05) is 6.20 Å². The lowest BCUT2D eigenvalue weighted by atomic mass is 9.76. The number of carbonyl (C=O) groups is 1. The second-order valence-corrected chi connectivity index (χ2v) is 7.79. The minimum atomic E-state index is -3.94. The van der Waals surface area contributed by atoms with Crippen LogP contribution in [0.15, 0.2) is 53.6 Å². The number of hydrogen-bond acceptors (Lipinski definition) is 5. The van der Waals surface area contributed by atoms with Gasteiger partial charge in [0.05, 0.1) is 28.3 Å². The Labute approximate surface area is 145 Å². The molecule has 7 nitrogen and oxygen atoms in total. The molecule has 1 aromatic carbocycles. The number of aliphatic hydroxyl groups excluding tert-OH is 1. The smallest absolute Gasteiger partial charge is 0.335 e. The summed E-state index contributed by atoms with van der Waals surface area (Å²) in [5, 5.41) is 18.6. The monoisotopic (exact) mass is 362 g/mol. The molecule has 8 heteroatoms. The molecule has 25 heavy (non-hydrogen) atoms. The number of sulfonamides is 1. The van der Waals surface area contributed by atoms with Gasteiger partial charge in [-0.1, -0.05) is 12.1 Å². The summed E-state index contributed by atoms with van der Waals surface area (Å²) in [6.07, 6.45) is 2.12. The maximum absolute atomic E-state index is 12.7. The molecule has 1 aromatic heterocycles. The van der Waals surface area contributed by atoms with Crippen LogP contribution in [0.5, 0.6) is 0 Å². The number of nitrogens with one attached hydrogen (secondary N) is 1. The second kappa shape index (κ2) is 6.91. The summed E-state index contributed by atoms with van der Waals surface area (Å²) in [5.41, 5.74) is 0.466. The van der Waals surface area contributed by atoms with Gasteiger partial charge < -0.3 is 10.2 Å². The van der Waals surface area contributed by atoms with Crippen molar-refractivity contribution in [3.63, 3.8) is 0 Å². The van der Waals surface area contributed by atoms with E-state index >= 15 is 0 Å². The predicted molar refractivity (Wildman–Crippen MR) is 89.4 cm³/mol. The maximum Gasteiger partial charge on any atom is 0.335 e. The molecule has 0 aliphatic heterocycles. The first-order chi connectivity index (χ1) is 11.9. The van der Waals surface area contributed by atoms with Crippen molar-refractivity contribution >= 4 is 16.0 Å². The van der Waals surface area contributed by atoms with Crippen molar-refractivity contribution in [2.24, 2.45) is 5.92 Å². The van der Waals surface area contributed by atoms with Crippen LogP contribution < -0.4 is 4.72 Å². The van der Waals surface area contributed by atoms with Crippen LogP contribution in [0.4, 0.5) is 0 Å². The van der Waals surface area contributed by atoms with Crippen LogP contribution in [0.3, 0.4) is 0 Å². The zero-order valence-electron chi connectivity index (χ0n) is 13.2. The van der Waals surface area contributed by atoms with E-state index < -0.39 is 28.1 Å². The van der Waals surface area contributed by atoms with E-state index in [0.717, 1.165) is 6.07 Å². The van der Waals surface area contributed by atoms with Crippen LogP contribution in [0.25, 0.3) is 0 Å². The van der Waals surface area contributed by atoms with E-state index in [0.29, 0.717) is 18.5 Å². The van der Waals surface area contributed by atoms with Crippen molar-refractivity contribution in [3.05, 3.63) is 59.9 Å². The van der Waals surface area contributed by atoms with Gasteiger partial charge in [-0.25, -0.2) is 17.9 Å². The molecule has 132 valence electrons. The molecule has 0 spiro atoms.